The van der Waals surface area contributed by atoms with Crippen LogP contribution in [0, 0.1) is 0 Å². The Hall–Kier alpha value is -0.730. The molecule has 0 aliphatic heterocycles. The van der Waals surface area contributed by atoms with Gasteiger partial charge >= 0.3 is 10.3 Å². The Morgan fingerprint density at radius 1 is 1.58 bits per heavy atom. The van der Waals surface area contributed by atoms with Crippen LogP contribution in [0.5, 0.6) is 0 Å². The second kappa shape index (κ2) is 3.33. The first-order chi connectivity index (χ1) is 5.51. The zero-order valence-corrected chi connectivity index (χ0v) is 7.81. The highest BCUT2D eigenvalue weighted by atomic mass is 32.2. The Labute approximate surface area is 73.5 Å². The topological polar surface area (TPSA) is 92.2 Å². The third-order valence-electron chi connectivity index (χ3n) is 0.986. The molecule has 1 aromatic heterocycles. The SMILES string of the molecule is CCc1nnc(NS(=O)(=O)O)s1. The average Bonchev–Trinajstić information content (AvgIpc) is 2.32. The van der Waals surface area contributed by atoms with Gasteiger partial charge < -0.3 is 0 Å². The van der Waals surface area contributed by atoms with Crippen molar-refractivity contribution in [1.82, 2.24) is 10.2 Å². The van der Waals surface area contributed by atoms with Gasteiger partial charge in [-0.05, 0) is 6.42 Å². The van der Waals surface area contributed by atoms with E-state index in [-0.39, 0.29) is 5.13 Å². The van der Waals surface area contributed by atoms with Crippen molar-refractivity contribution in [2.75, 3.05) is 4.72 Å². The predicted octanol–water partition coefficient (Wildman–Crippen LogP) is 0.315. The van der Waals surface area contributed by atoms with Gasteiger partial charge in [0.25, 0.3) is 0 Å². The molecule has 0 aliphatic rings. The molecule has 0 saturated heterocycles. The number of anilines is 1. The Kier molecular flexibility index (Phi) is 2.60. The maximum atomic E-state index is 10.3. The number of hydrogen-bond acceptors (Lipinski definition) is 5. The van der Waals surface area contributed by atoms with Gasteiger partial charge in [-0.3, -0.25) is 4.55 Å². The average molecular weight is 209 g/mol. The molecule has 0 fully saturated rings. The van der Waals surface area contributed by atoms with Crippen molar-refractivity contribution in [2.45, 2.75) is 13.3 Å². The van der Waals surface area contributed by atoms with E-state index in [2.05, 4.69) is 10.2 Å². The summed E-state index contributed by atoms with van der Waals surface area (Å²) < 4.78 is 30.7. The van der Waals surface area contributed by atoms with E-state index >= 15 is 0 Å². The summed E-state index contributed by atoms with van der Waals surface area (Å²) in [5.74, 6) is 0. The normalized spacial score (nSPS) is 11.5. The summed E-state index contributed by atoms with van der Waals surface area (Å²) in [6, 6.07) is 0. The van der Waals surface area contributed by atoms with Crippen molar-refractivity contribution in [3.63, 3.8) is 0 Å². The highest BCUT2D eigenvalue weighted by Crippen LogP contribution is 2.15. The van der Waals surface area contributed by atoms with Crippen LogP contribution in [0.15, 0.2) is 0 Å². The van der Waals surface area contributed by atoms with E-state index in [0.717, 1.165) is 11.3 Å². The van der Waals surface area contributed by atoms with Crippen LogP contribution in [0.25, 0.3) is 0 Å². The summed E-state index contributed by atoms with van der Waals surface area (Å²) in [4.78, 5) is 0. The molecule has 12 heavy (non-hydrogen) atoms. The van der Waals surface area contributed by atoms with Crippen LogP contribution in [0.4, 0.5) is 5.13 Å². The molecule has 6 nitrogen and oxygen atoms in total. The summed E-state index contributed by atoms with van der Waals surface area (Å²) in [6.07, 6.45) is 0.685. The summed E-state index contributed by atoms with van der Waals surface area (Å²) in [5.41, 5.74) is 0. The number of aromatic nitrogens is 2. The number of aryl methyl sites for hydroxylation is 1. The van der Waals surface area contributed by atoms with Gasteiger partial charge in [0.1, 0.15) is 5.01 Å². The molecule has 0 unspecified atom stereocenters. The Bertz CT molecular complexity index is 357. The van der Waals surface area contributed by atoms with Gasteiger partial charge in [-0.15, -0.1) is 10.2 Å². The summed E-state index contributed by atoms with van der Waals surface area (Å²) in [7, 11) is -4.21. The first kappa shape index (κ1) is 9.36. The lowest BCUT2D eigenvalue weighted by Gasteiger charge is -1.92. The van der Waals surface area contributed by atoms with Crippen molar-refractivity contribution in [3.05, 3.63) is 5.01 Å². The molecule has 2 N–H and O–H groups in total. The van der Waals surface area contributed by atoms with E-state index in [9.17, 15) is 8.42 Å². The number of nitrogens with zero attached hydrogens (tertiary/aromatic N) is 2. The molecule has 0 bridgehead atoms. The first-order valence-corrected chi connectivity index (χ1v) is 5.34. The largest absolute Gasteiger partial charge is 0.359 e. The molecule has 0 spiro atoms. The summed E-state index contributed by atoms with van der Waals surface area (Å²) >= 11 is 1.09. The molecule has 1 rings (SSSR count). The fraction of sp³-hybridized carbons (Fsp3) is 0.500. The molecule has 1 aromatic rings. The molecule has 68 valence electrons. The van der Waals surface area contributed by atoms with Gasteiger partial charge in [0.2, 0.25) is 5.13 Å². The predicted molar refractivity (Wildman–Crippen MR) is 44.5 cm³/mol. The van der Waals surface area contributed by atoms with Gasteiger partial charge in [-0.25, -0.2) is 4.72 Å². The van der Waals surface area contributed by atoms with Crippen LogP contribution in [0.3, 0.4) is 0 Å². The van der Waals surface area contributed by atoms with Gasteiger partial charge in [0, 0.05) is 0 Å². The van der Waals surface area contributed by atoms with Crippen LogP contribution in [0.2, 0.25) is 0 Å². The van der Waals surface area contributed by atoms with Crippen LogP contribution < -0.4 is 4.72 Å². The van der Waals surface area contributed by atoms with E-state index in [1.165, 1.54) is 0 Å². The molecule has 8 heteroatoms. The van der Waals surface area contributed by atoms with Crippen molar-refractivity contribution in [3.8, 4) is 0 Å². The smallest absolute Gasteiger partial charge is 0.269 e. The standard InChI is InChI=1S/C4H7N3O3S2/c1-2-3-5-6-4(11-3)7-12(8,9)10/h2H2,1H3,(H,6,7)(H,8,9,10). The number of rotatable bonds is 3. The Morgan fingerprint density at radius 2 is 2.25 bits per heavy atom. The minimum atomic E-state index is -4.21. The lowest BCUT2D eigenvalue weighted by molar-refractivity contribution is 0.489. The fourth-order valence-corrected chi connectivity index (χ4v) is 1.82. The van der Waals surface area contributed by atoms with E-state index in [0.29, 0.717) is 11.4 Å². The molecule has 0 atom stereocenters. The van der Waals surface area contributed by atoms with E-state index in [4.69, 9.17) is 4.55 Å². The third-order valence-corrected chi connectivity index (χ3v) is 2.55. The maximum absolute atomic E-state index is 10.3. The summed E-state index contributed by atoms with van der Waals surface area (Å²) in [6.45, 7) is 1.87. The second-order valence-corrected chi connectivity index (χ2v) is 4.15. The Morgan fingerprint density at radius 3 is 2.67 bits per heavy atom. The minimum Gasteiger partial charge on any atom is -0.269 e. The van der Waals surface area contributed by atoms with Crippen LogP contribution in [-0.4, -0.2) is 23.2 Å². The Balaban J connectivity index is 2.78. The van der Waals surface area contributed by atoms with Crippen molar-refractivity contribution in [1.29, 1.82) is 0 Å². The minimum absolute atomic E-state index is 0.0781. The first-order valence-electron chi connectivity index (χ1n) is 3.09. The number of hydrogen-bond donors (Lipinski definition) is 2. The van der Waals surface area contributed by atoms with Gasteiger partial charge in [0.05, 0.1) is 0 Å². The lowest BCUT2D eigenvalue weighted by Crippen LogP contribution is -2.09. The van der Waals surface area contributed by atoms with Crippen LogP contribution in [0.1, 0.15) is 11.9 Å². The summed E-state index contributed by atoms with van der Waals surface area (Å²) in [5, 5.41) is 7.93. The zero-order valence-electron chi connectivity index (χ0n) is 6.18. The lowest BCUT2D eigenvalue weighted by atomic mass is 10.5. The van der Waals surface area contributed by atoms with Gasteiger partial charge in [-0.2, -0.15) is 8.42 Å². The van der Waals surface area contributed by atoms with E-state index < -0.39 is 10.3 Å². The molecule has 0 aliphatic carbocycles. The van der Waals surface area contributed by atoms with Crippen molar-refractivity contribution in [2.24, 2.45) is 0 Å². The van der Waals surface area contributed by atoms with Crippen LogP contribution >= 0.6 is 11.3 Å². The molecular formula is C4H7N3O3S2. The molecule has 0 aromatic carbocycles. The van der Waals surface area contributed by atoms with Crippen molar-refractivity contribution >= 4 is 26.8 Å². The number of nitrogens with one attached hydrogen (secondary N) is 1. The molecule has 0 amide bonds. The monoisotopic (exact) mass is 209 g/mol. The van der Waals surface area contributed by atoms with E-state index in [1.54, 1.807) is 0 Å². The van der Waals surface area contributed by atoms with Crippen LogP contribution in [-0.2, 0) is 16.7 Å². The van der Waals surface area contributed by atoms with Crippen molar-refractivity contribution < 1.29 is 13.0 Å². The fourth-order valence-electron chi connectivity index (χ4n) is 0.548. The van der Waals surface area contributed by atoms with Gasteiger partial charge in [0.15, 0.2) is 0 Å². The third kappa shape index (κ3) is 2.72. The van der Waals surface area contributed by atoms with E-state index in [1.807, 2.05) is 11.6 Å². The molecule has 0 saturated carbocycles. The van der Waals surface area contributed by atoms with Gasteiger partial charge in [-0.1, -0.05) is 18.3 Å². The zero-order chi connectivity index (χ0) is 9.19. The maximum Gasteiger partial charge on any atom is 0.359 e. The quantitative estimate of drug-likeness (QED) is 0.699. The molecular weight excluding hydrogens is 202 g/mol. The highest BCUT2D eigenvalue weighted by molar-refractivity contribution is 7.87. The highest BCUT2D eigenvalue weighted by Gasteiger charge is 2.08. The molecule has 0 radical (unpaired) electrons. The second-order valence-electron chi connectivity index (χ2n) is 1.93. The molecule has 1 heterocycles.